The van der Waals surface area contributed by atoms with Crippen LogP contribution in [0.3, 0.4) is 0 Å². The summed E-state index contributed by atoms with van der Waals surface area (Å²) in [7, 11) is -3.29. The molecule has 2 aromatic carbocycles. The number of aliphatic hydroxyl groups is 1. The molecule has 0 saturated carbocycles. The van der Waals surface area contributed by atoms with Crippen LogP contribution in [0.5, 0.6) is 0 Å². The molecule has 1 atom stereocenters. The maximum Gasteiger partial charge on any atom is 0.408 e. The predicted molar refractivity (Wildman–Crippen MR) is 93.8 cm³/mol. The predicted octanol–water partition coefficient (Wildman–Crippen LogP) is 2.44. The van der Waals surface area contributed by atoms with E-state index in [1.807, 2.05) is 30.3 Å². The van der Waals surface area contributed by atoms with Gasteiger partial charge in [0.05, 0.1) is 17.3 Å². The highest BCUT2D eigenvalue weighted by molar-refractivity contribution is 7.91. The van der Waals surface area contributed by atoms with Gasteiger partial charge >= 0.3 is 6.09 Å². The molecule has 0 aliphatic rings. The molecule has 0 aliphatic heterocycles. The minimum absolute atomic E-state index is 0.00810. The minimum Gasteiger partial charge on any atom is -0.439 e. The van der Waals surface area contributed by atoms with Crippen LogP contribution in [0.2, 0.25) is 0 Å². The Balaban J connectivity index is 1.98. The van der Waals surface area contributed by atoms with Crippen molar-refractivity contribution in [2.24, 2.45) is 0 Å². The summed E-state index contributed by atoms with van der Waals surface area (Å²) >= 11 is 0. The molecule has 134 valence electrons. The van der Waals surface area contributed by atoms with E-state index in [-0.39, 0.29) is 10.6 Å². The summed E-state index contributed by atoms with van der Waals surface area (Å²) in [6, 6.07) is 15.3. The van der Waals surface area contributed by atoms with Crippen molar-refractivity contribution < 1.29 is 23.1 Å². The lowest BCUT2D eigenvalue weighted by Crippen LogP contribution is -2.26. The molecule has 0 bridgehead atoms. The molecule has 2 aromatic rings. The molecule has 0 radical (unpaired) electrons. The van der Waals surface area contributed by atoms with Crippen molar-refractivity contribution in [3.05, 3.63) is 65.7 Å². The van der Waals surface area contributed by atoms with Crippen LogP contribution in [0.4, 0.5) is 4.79 Å². The highest BCUT2D eigenvalue weighted by Crippen LogP contribution is 2.20. The van der Waals surface area contributed by atoms with Crippen molar-refractivity contribution >= 4 is 15.9 Å². The van der Waals surface area contributed by atoms with Gasteiger partial charge in [0.1, 0.15) is 0 Å². The molecular formula is C18H21NO5S. The monoisotopic (exact) mass is 363 g/mol. The largest absolute Gasteiger partial charge is 0.439 e. The molecule has 2 N–H and O–H groups in total. The van der Waals surface area contributed by atoms with Gasteiger partial charge < -0.3 is 15.2 Å². The molecule has 25 heavy (non-hydrogen) atoms. The zero-order valence-corrected chi connectivity index (χ0v) is 14.7. The Hall–Kier alpha value is -2.38. The van der Waals surface area contributed by atoms with Crippen molar-refractivity contribution in [3.8, 4) is 0 Å². The number of alkyl carbamates (subject to hydrolysis) is 1. The van der Waals surface area contributed by atoms with Crippen molar-refractivity contribution in [1.82, 2.24) is 5.32 Å². The van der Waals surface area contributed by atoms with Gasteiger partial charge in [0, 0.05) is 6.54 Å². The van der Waals surface area contributed by atoms with E-state index in [2.05, 4.69) is 5.32 Å². The van der Waals surface area contributed by atoms with Crippen molar-refractivity contribution in [2.75, 3.05) is 12.4 Å². The third kappa shape index (κ3) is 5.30. The first-order valence-electron chi connectivity index (χ1n) is 7.88. The maximum atomic E-state index is 11.9. The number of carbonyl (C=O) groups excluding carboxylic acids is 1. The number of ether oxygens (including phenoxy) is 1. The molecule has 0 saturated heterocycles. The van der Waals surface area contributed by atoms with Crippen molar-refractivity contribution in [2.45, 2.75) is 24.5 Å². The molecule has 0 fully saturated rings. The van der Waals surface area contributed by atoms with Crippen LogP contribution in [0.25, 0.3) is 0 Å². The highest BCUT2D eigenvalue weighted by Gasteiger charge is 2.17. The fourth-order valence-corrected chi connectivity index (χ4v) is 3.09. The summed E-state index contributed by atoms with van der Waals surface area (Å²) in [5.74, 6) is 0.00810. The van der Waals surface area contributed by atoms with E-state index in [1.165, 1.54) is 24.3 Å². The number of nitrogens with one attached hydrogen (secondary N) is 1. The van der Waals surface area contributed by atoms with E-state index in [0.29, 0.717) is 12.1 Å². The number of benzene rings is 2. The normalized spacial score (nSPS) is 12.4. The quantitative estimate of drug-likeness (QED) is 0.788. The van der Waals surface area contributed by atoms with Gasteiger partial charge in [-0.2, -0.15) is 0 Å². The fourth-order valence-electron chi connectivity index (χ4n) is 2.21. The molecule has 0 spiro atoms. The molecule has 0 aliphatic carbocycles. The van der Waals surface area contributed by atoms with Gasteiger partial charge in [0.25, 0.3) is 0 Å². The van der Waals surface area contributed by atoms with E-state index in [0.717, 1.165) is 5.56 Å². The topological polar surface area (TPSA) is 92.7 Å². The van der Waals surface area contributed by atoms with Crippen LogP contribution < -0.4 is 5.32 Å². The van der Waals surface area contributed by atoms with Gasteiger partial charge in [-0.05, 0) is 23.3 Å². The summed E-state index contributed by atoms with van der Waals surface area (Å²) in [6.07, 6.45) is -1.53. The average molecular weight is 363 g/mol. The lowest BCUT2D eigenvalue weighted by Gasteiger charge is -2.17. The summed E-state index contributed by atoms with van der Waals surface area (Å²) in [6.45, 7) is 1.48. The number of carbonyl (C=O) groups is 1. The number of sulfone groups is 1. The Morgan fingerprint density at radius 1 is 1.12 bits per heavy atom. The summed E-state index contributed by atoms with van der Waals surface area (Å²) < 4.78 is 28.8. The van der Waals surface area contributed by atoms with Crippen LogP contribution in [0, 0.1) is 0 Å². The third-order valence-electron chi connectivity index (χ3n) is 3.69. The lowest BCUT2D eigenvalue weighted by molar-refractivity contribution is 0.0568. The Bertz CT molecular complexity index is 788. The number of hydrogen-bond acceptors (Lipinski definition) is 5. The Morgan fingerprint density at radius 2 is 1.76 bits per heavy atom. The van der Waals surface area contributed by atoms with E-state index in [1.54, 1.807) is 6.92 Å². The van der Waals surface area contributed by atoms with Crippen molar-refractivity contribution in [1.29, 1.82) is 0 Å². The average Bonchev–Trinajstić information content (AvgIpc) is 2.65. The van der Waals surface area contributed by atoms with Crippen LogP contribution in [-0.4, -0.2) is 32.0 Å². The molecule has 1 amide bonds. The number of aliphatic hydroxyl groups excluding tert-OH is 1. The number of hydrogen-bond donors (Lipinski definition) is 2. The van der Waals surface area contributed by atoms with E-state index >= 15 is 0 Å². The van der Waals surface area contributed by atoms with Crippen LogP contribution in [-0.2, 0) is 21.1 Å². The molecule has 0 aromatic heterocycles. The van der Waals surface area contributed by atoms with Gasteiger partial charge in [-0.3, -0.25) is 0 Å². The second-order valence-electron chi connectivity index (χ2n) is 5.39. The van der Waals surface area contributed by atoms with Gasteiger partial charge in [-0.15, -0.1) is 0 Å². The Morgan fingerprint density at radius 3 is 2.32 bits per heavy atom. The standard InChI is InChI=1S/C18H21NO5S/c1-2-25(22,23)16-10-8-15(9-11-16)17(13-20)24-18(21)19-12-14-6-4-3-5-7-14/h3-11,17,20H,2,12-13H2,1H3,(H,19,21). The molecule has 0 heterocycles. The molecule has 6 nitrogen and oxygen atoms in total. The SMILES string of the molecule is CCS(=O)(=O)c1ccc(C(CO)OC(=O)NCc2ccccc2)cc1. The zero-order chi connectivity index (χ0) is 18.3. The van der Waals surface area contributed by atoms with Crippen LogP contribution in [0.15, 0.2) is 59.5 Å². The maximum absolute atomic E-state index is 11.9. The third-order valence-corrected chi connectivity index (χ3v) is 5.44. The highest BCUT2D eigenvalue weighted by atomic mass is 32.2. The Labute approximate surface area is 147 Å². The Kier molecular flexibility index (Phi) is 6.55. The minimum atomic E-state index is -3.29. The summed E-state index contributed by atoms with van der Waals surface area (Å²) in [5.41, 5.74) is 1.45. The first-order chi connectivity index (χ1) is 12.0. The second kappa shape index (κ2) is 8.64. The van der Waals surface area contributed by atoms with Gasteiger partial charge in [0.15, 0.2) is 15.9 Å². The molecule has 7 heteroatoms. The van der Waals surface area contributed by atoms with Gasteiger partial charge in [0.2, 0.25) is 0 Å². The van der Waals surface area contributed by atoms with Crippen molar-refractivity contribution in [3.63, 3.8) is 0 Å². The van der Waals surface area contributed by atoms with Gasteiger partial charge in [-0.1, -0.05) is 49.4 Å². The number of rotatable bonds is 7. The van der Waals surface area contributed by atoms with E-state index in [4.69, 9.17) is 4.74 Å². The fraction of sp³-hybridized carbons (Fsp3) is 0.278. The first kappa shape index (κ1) is 19.0. The smallest absolute Gasteiger partial charge is 0.408 e. The lowest BCUT2D eigenvalue weighted by atomic mass is 10.1. The van der Waals surface area contributed by atoms with E-state index < -0.39 is 28.6 Å². The van der Waals surface area contributed by atoms with Crippen LogP contribution >= 0.6 is 0 Å². The summed E-state index contributed by atoms with van der Waals surface area (Å²) in [4.78, 5) is 12.1. The number of amides is 1. The first-order valence-corrected chi connectivity index (χ1v) is 9.53. The molecular weight excluding hydrogens is 342 g/mol. The van der Waals surface area contributed by atoms with Crippen LogP contribution in [0.1, 0.15) is 24.2 Å². The molecule has 2 rings (SSSR count). The summed E-state index contributed by atoms with van der Waals surface area (Å²) in [5, 5.41) is 12.1. The van der Waals surface area contributed by atoms with Gasteiger partial charge in [-0.25, -0.2) is 13.2 Å². The molecule has 1 unspecified atom stereocenters. The zero-order valence-electron chi connectivity index (χ0n) is 13.9. The second-order valence-corrected chi connectivity index (χ2v) is 7.67. The van der Waals surface area contributed by atoms with E-state index in [9.17, 15) is 18.3 Å².